The van der Waals surface area contributed by atoms with E-state index in [2.05, 4.69) is 11.8 Å². The molecule has 0 saturated carbocycles. The van der Waals surface area contributed by atoms with Crippen molar-refractivity contribution in [2.45, 2.75) is 19.4 Å². The predicted molar refractivity (Wildman–Crippen MR) is 71.8 cm³/mol. The van der Waals surface area contributed by atoms with Crippen LogP contribution in [0.15, 0.2) is 24.3 Å². The first-order valence-electron chi connectivity index (χ1n) is 5.78. The predicted octanol–water partition coefficient (Wildman–Crippen LogP) is 2.93. The molecule has 1 atom stereocenters. The van der Waals surface area contributed by atoms with Gasteiger partial charge in [0.25, 0.3) is 5.69 Å². The van der Waals surface area contributed by atoms with Gasteiger partial charge in [-0.3, -0.25) is 10.1 Å². The molecule has 1 heterocycles. The molecular weight excluding hydrogens is 236 g/mol. The first-order chi connectivity index (χ1) is 8.20. The summed E-state index contributed by atoms with van der Waals surface area (Å²) in [5.74, 6) is 2.18. The summed E-state index contributed by atoms with van der Waals surface area (Å²) in [5, 5.41) is 11.0. The van der Waals surface area contributed by atoms with Crippen molar-refractivity contribution in [3.8, 4) is 0 Å². The molecular formula is C12H16N2O2S. The van der Waals surface area contributed by atoms with Gasteiger partial charge < -0.3 is 4.90 Å². The molecule has 1 aromatic carbocycles. The van der Waals surface area contributed by atoms with E-state index in [0.717, 1.165) is 30.2 Å². The van der Waals surface area contributed by atoms with Crippen molar-refractivity contribution in [1.29, 1.82) is 0 Å². The summed E-state index contributed by atoms with van der Waals surface area (Å²) in [5.41, 5.74) is 0.971. The maximum atomic E-state index is 11.0. The number of hydrogen-bond acceptors (Lipinski definition) is 4. The number of para-hydroxylation sites is 2. The van der Waals surface area contributed by atoms with Crippen LogP contribution < -0.4 is 4.90 Å². The number of nitrogens with zero attached hydrogens (tertiary/aromatic N) is 2. The van der Waals surface area contributed by atoms with E-state index < -0.39 is 0 Å². The van der Waals surface area contributed by atoms with Crippen molar-refractivity contribution in [3.05, 3.63) is 34.4 Å². The smallest absolute Gasteiger partial charge is 0.292 e. The van der Waals surface area contributed by atoms with Crippen LogP contribution >= 0.6 is 11.8 Å². The molecule has 0 N–H and O–H groups in total. The largest absolute Gasteiger partial charge is 0.362 e. The highest BCUT2D eigenvalue weighted by Gasteiger charge is 2.23. The second-order valence-corrected chi connectivity index (χ2v) is 5.41. The zero-order valence-corrected chi connectivity index (χ0v) is 10.7. The Bertz CT molecular complexity index is 411. The van der Waals surface area contributed by atoms with Gasteiger partial charge >= 0.3 is 0 Å². The van der Waals surface area contributed by atoms with E-state index in [1.54, 1.807) is 12.1 Å². The van der Waals surface area contributed by atoms with Crippen molar-refractivity contribution < 1.29 is 4.92 Å². The van der Waals surface area contributed by atoms with Crippen LogP contribution in [-0.4, -0.2) is 29.0 Å². The average Bonchev–Trinajstić information content (AvgIpc) is 2.54. The van der Waals surface area contributed by atoms with Gasteiger partial charge in [-0.2, -0.15) is 11.8 Å². The Kier molecular flexibility index (Phi) is 3.89. The number of hydrogen-bond donors (Lipinski definition) is 0. The monoisotopic (exact) mass is 252 g/mol. The Morgan fingerprint density at radius 1 is 1.41 bits per heavy atom. The minimum absolute atomic E-state index is 0.214. The molecule has 1 saturated heterocycles. The molecule has 0 radical (unpaired) electrons. The van der Waals surface area contributed by atoms with Gasteiger partial charge in [0.2, 0.25) is 0 Å². The van der Waals surface area contributed by atoms with Crippen molar-refractivity contribution in [2.75, 3.05) is 23.0 Å². The van der Waals surface area contributed by atoms with Crippen LogP contribution in [0.25, 0.3) is 0 Å². The molecule has 92 valence electrons. The molecule has 1 fully saturated rings. The highest BCUT2D eigenvalue weighted by atomic mass is 32.2. The zero-order chi connectivity index (χ0) is 12.3. The molecule has 1 aliphatic rings. The summed E-state index contributed by atoms with van der Waals surface area (Å²) >= 11 is 1.92. The minimum atomic E-state index is -0.292. The maximum absolute atomic E-state index is 11.0. The summed E-state index contributed by atoms with van der Waals surface area (Å²) in [4.78, 5) is 12.9. The lowest BCUT2D eigenvalue weighted by molar-refractivity contribution is -0.384. The molecule has 0 aromatic heterocycles. The number of rotatable bonds is 2. The van der Waals surface area contributed by atoms with Crippen LogP contribution in [-0.2, 0) is 0 Å². The van der Waals surface area contributed by atoms with Gasteiger partial charge in [-0.05, 0) is 25.2 Å². The number of benzene rings is 1. The van der Waals surface area contributed by atoms with E-state index >= 15 is 0 Å². The molecule has 0 bridgehead atoms. The van der Waals surface area contributed by atoms with E-state index in [9.17, 15) is 10.1 Å². The second-order valence-electron chi connectivity index (χ2n) is 4.19. The second kappa shape index (κ2) is 5.40. The van der Waals surface area contributed by atoms with Gasteiger partial charge in [0.1, 0.15) is 5.69 Å². The normalized spacial score (nSPS) is 21.0. The van der Waals surface area contributed by atoms with E-state index in [4.69, 9.17) is 0 Å². The number of thioether (sulfide) groups is 1. The molecule has 4 nitrogen and oxygen atoms in total. The number of nitro benzene ring substituents is 1. The Labute approximate surface area is 105 Å². The molecule has 1 aromatic rings. The van der Waals surface area contributed by atoms with Crippen LogP contribution in [0, 0.1) is 10.1 Å². The fraction of sp³-hybridized carbons (Fsp3) is 0.500. The standard InChI is InChI=1S/C12H16N2O2S/c1-10-6-8-17-9-7-13(10)11-4-2-3-5-12(11)14(15)16/h2-5,10H,6-9H2,1H3. The van der Waals surface area contributed by atoms with E-state index in [-0.39, 0.29) is 10.6 Å². The van der Waals surface area contributed by atoms with Gasteiger partial charge in [-0.1, -0.05) is 12.1 Å². The molecule has 1 aliphatic heterocycles. The van der Waals surface area contributed by atoms with Gasteiger partial charge in [0.05, 0.1) is 4.92 Å². The quantitative estimate of drug-likeness (QED) is 0.599. The lowest BCUT2D eigenvalue weighted by Crippen LogP contribution is -2.34. The van der Waals surface area contributed by atoms with E-state index in [1.165, 1.54) is 0 Å². The minimum Gasteiger partial charge on any atom is -0.362 e. The lowest BCUT2D eigenvalue weighted by atomic mass is 10.1. The summed E-state index contributed by atoms with van der Waals surface area (Å²) in [6.45, 7) is 3.03. The average molecular weight is 252 g/mol. The Morgan fingerprint density at radius 3 is 2.94 bits per heavy atom. The third-order valence-corrected chi connectivity index (χ3v) is 4.07. The molecule has 17 heavy (non-hydrogen) atoms. The van der Waals surface area contributed by atoms with Crippen molar-refractivity contribution >= 4 is 23.1 Å². The van der Waals surface area contributed by atoms with Crippen LogP contribution in [0.3, 0.4) is 0 Å². The van der Waals surface area contributed by atoms with Crippen LogP contribution in [0.2, 0.25) is 0 Å². The number of anilines is 1. The highest BCUT2D eigenvalue weighted by Crippen LogP contribution is 2.31. The molecule has 1 unspecified atom stereocenters. The maximum Gasteiger partial charge on any atom is 0.292 e. The summed E-state index contributed by atoms with van der Waals surface area (Å²) in [6.07, 6.45) is 1.08. The summed E-state index contributed by atoms with van der Waals surface area (Å²) in [6, 6.07) is 7.39. The third-order valence-electron chi connectivity index (χ3n) is 3.08. The Hall–Kier alpha value is -1.23. The summed E-state index contributed by atoms with van der Waals surface area (Å²) < 4.78 is 0. The van der Waals surface area contributed by atoms with E-state index in [1.807, 2.05) is 23.9 Å². The van der Waals surface area contributed by atoms with Gasteiger partial charge in [0.15, 0.2) is 0 Å². The van der Waals surface area contributed by atoms with Crippen molar-refractivity contribution in [3.63, 3.8) is 0 Å². The SMILES string of the molecule is CC1CCSCCN1c1ccccc1[N+](=O)[O-]. The molecule has 5 heteroatoms. The molecule has 2 rings (SSSR count). The van der Waals surface area contributed by atoms with Crippen LogP contribution in [0.1, 0.15) is 13.3 Å². The van der Waals surface area contributed by atoms with Gasteiger partial charge in [0, 0.05) is 24.4 Å². The van der Waals surface area contributed by atoms with E-state index in [0.29, 0.717) is 6.04 Å². The van der Waals surface area contributed by atoms with Crippen LogP contribution in [0.4, 0.5) is 11.4 Å². The molecule has 0 amide bonds. The lowest BCUT2D eigenvalue weighted by Gasteiger charge is -2.28. The topological polar surface area (TPSA) is 46.4 Å². The number of nitro groups is 1. The van der Waals surface area contributed by atoms with Crippen LogP contribution in [0.5, 0.6) is 0 Å². The van der Waals surface area contributed by atoms with Gasteiger partial charge in [-0.15, -0.1) is 0 Å². The third kappa shape index (κ3) is 2.72. The van der Waals surface area contributed by atoms with Gasteiger partial charge in [-0.25, -0.2) is 0 Å². The fourth-order valence-electron chi connectivity index (χ4n) is 2.11. The first kappa shape index (κ1) is 12.2. The molecule has 0 spiro atoms. The first-order valence-corrected chi connectivity index (χ1v) is 6.93. The molecule has 0 aliphatic carbocycles. The Morgan fingerprint density at radius 2 is 2.18 bits per heavy atom. The fourth-order valence-corrected chi connectivity index (χ4v) is 3.15. The van der Waals surface area contributed by atoms with Crippen molar-refractivity contribution in [1.82, 2.24) is 0 Å². The highest BCUT2D eigenvalue weighted by molar-refractivity contribution is 7.99. The zero-order valence-electron chi connectivity index (χ0n) is 9.83. The Balaban J connectivity index is 2.34. The summed E-state index contributed by atoms with van der Waals surface area (Å²) in [7, 11) is 0. The van der Waals surface area contributed by atoms with Crippen molar-refractivity contribution in [2.24, 2.45) is 0 Å².